The lowest BCUT2D eigenvalue weighted by Crippen LogP contribution is -2.37. The Hall–Kier alpha value is -4.74. The third-order valence-corrected chi connectivity index (χ3v) is 8.43. The Morgan fingerprint density at radius 2 is 1.93 bits per heavy atom. The number of halogens is 1. The highest BCUT2D eigenvalue weighted by molar-refractivity contribution is 6.36. The number of nitrogens with zero attached hydrogens (tertiary/aromatic N) is 3. The summed E-state index contributed by atoms with van der Waals surface area (Å²) in [7, 11) is 3.06. The second-order valence-electron chi connectivity index (χ2n) is 10.8. The van der Waals surface area contributed by atoms with Crippen molar-refractivity contribution >= 4 is 29.1 Å². The highest BCUT2D eigenvalue weighted by Gasteiger charge is 2.32. The van der Waals surface area contributed by atoms with Gasteiger partial charge < -0.3 is 25.4 Å². The van der Waals surface area contributed by atoms with E-state index < -0.39 is 11.5 Å². The van der Waals surface area contributed by atoms with E-state index in [1.54, 1.807) is 13.2 Å². The van der Waals surface area contributed by atoms with Crippen LogP contribution < -0.4 is 31.0 Å². The Bertz CT molecular complexity index is 1840. The molecule has 0 saturated carbocycles. The number of carbonyl (C=O) groups excluding carboxylic acids is 2. The van der Waals surface area contributed by atoms with Gasteiger partial charge in [0, 0.05) is 55.1 Å². The molecule has 2 aliphatic rings. The summed E-state index contributed by atoms with van der Waals surface area (Å²) in [6.45, 7) is 2.91. The van der Waals surface area contributed by atoms with Crippen LogP contribution in [0.5, 0.6) is 11.6 Å². The molecule has 2 atom stereocenters. The maximum Gasteiger partial charge on any atom is 0.279 e. The van der Waals surface area contributed by atoms with Gasteiger partial charge in [-0.2, -0.15) is 5.10 Å². The van der Waals surface area contributed by atoms with E-state index in [0.29, 0.717) is 53.2 Å². The number of methoxy groups -OCH3 is 1. The summed E-state index contributed by atoms with van der Waals surface area (Å²) >= 11 is 7.04. The lowest BCUT2D eigenvalue weighted by atomic mass is 9.96. The maximum absolute atomic E-state index is 13.0. The molecule has 3 N–H and O–H groups in total. The molecule has 1 fully saturated rings. The van der Waals surface area contributed by atoms with Crippen LogP contribution in [-0.4, -0.2) is 52.9 Å². The van der Waals surface area contributed by atoms with E-state index in [2.05, 4.69) is 21.0 Å². The molecule has 4 aromatic rings. The van der Waals surface area contributed by atoms with Crippen molar-refractivity contribution in [2.45, 2.75) is 31.8 Å². The molecular weight excluding hydrogens is 584 g/mol. The number of hydrogen-bond donors (Lipinski definition) is 3. The SMILES string of the molecule is COc1nc(-c2cccc(-c3cccc(NC(=O)c4ccnn(C)c4=O)c3C)c2Cl)cc2c1C(NCC1CCC(=O)N1)CO2. The maximum atomic E-state index is 13.0. The van der Waals surface area contributed by atoms with Gasteiger partial charge >= 0.3 is 0 Å². The molecule has 12 heteroatoms. The van der Waals surface area contributed by atoms with Crippen molar-refractivity contribution in [2.75, 3.05) is 25.6 Å². The number of ether oxygens (including phenoxy) is 2. The molecule has 2 unspecified atom stereocenters. The second-order valence-corrected chi connectivity index (χ2v) is 11.2. The number of anilines is 1. The molecule has 44 heavy (non-hydrogen) atoms. The summed E-state index contributed by atoms with van der Waals surface area (Å²) in [6.07, 6.45) is 2.75. The lowest BCUT2D eigenvalue weighted by Gasteiger charge is -2.18. The minimum atomic E-state index is -0.525. The highest BCUT2D eigenvalue weighted by Crippen LogP contribution is 2.44. The van der Waals surface area contributed by atoms with Crippen LogP contribution in [0.2, 0.25) is 5.02 Å². The normalized spacial score (nSPS) is 17.1. The van der Waals surface area contributed by atoms with Gasteiger partial charge in [-0.05, 0) is 36.6 Å². The number of aryl methyl sites for hydroxylation is 1. The van der Waals surface area contributed by atoms with Crippen LogP contribution in [0, 0.1) is 6.92 Å². The van der Waals surface area contributed by atoms with Gasteiger partial charge in [0.15, 0.2) is 0 Å². The van der Waals surface area contributed by atoms with Crippen molar-refractivity contribution in [1.82, 2.24) is 25.4 Å². The van der Waals surface area contributed by atoms with E-state index in [1.807, 2.05) is 43.3 Å². The topological polar surface area (TPSA) is 136 Å². The van der Waals surface area contributed by atoms with E-state index in [1.165, 1.54) is 19.3 Å². The molecule has 0 radical (unpaired) electrons. The average molecular weight is 615 g/mol. The van der Waals surface area contributed by atoms with Crippen LogP contribution in [-0.2, 0) is 11.8 Å². The van der Waals surface area contributed by atoms with Crippen LogP contribution in [0.3, 0.4) is 0 Å². The monoisotopic (exact) mass is 614 g/mol. The van der Waals surface area contributed by atoms with Gasteiger partial charge in [-0.1, -0.05) is 41.9 Å². The van der Waals surface area contributed by atoms with Gasteiger partial charge in [-0.3, -0.25) is 14.4 Å². The molecule has 2 aromatic carbocycles. The third kappa shape index (κ3) is 5.51. The van der Waals surface area contributed by atoms with E-state index in [0.717, 1.165) is 33.4 Å². The van der Waals surface area contributed by atoms with Crippen molar-refractivity contribution in [3.8, 4) is 34.0 Å². The van der Waals surface area contributed by atoms with Gasteiger partial charge in [0.2, 0.25) is 11.8 Å². The van der Waals surface area contributed by atoms with Crippen molar-refractivity contribution < 1.29 is 19.1 Å². The Kier molecular flexibility index (Phi) is 8.07. The molecule has 6 rings (SSSR count). The fraction of sp³-hybridized carbons (Fsp3) is 0.281. The Morgan fingerprint density at radius 1 is 1.16 bits per heavy atom. The summed E-state index contributed by atoms with van der Waals surface area (Å²) in [5.41, 5.74) is 4.50. The van der Waals surface area contributed by atoms with Crippen molar-refractivity contribution in [1.29, 1.82) is 0 Å². The molecular formula is C32H31ClN6O5. The first-order valence-corrected chi connectivity index (χ1v) is 14.6. The number of benzene rings is 2. The summed E-state index contributed by atoms with van der Waals surface area (Å²) in [5.74, 6) is 0.645. The van der Waals surface area contributed by atoms with Crippen LogP contribution >= 0.6 is 11.6 Å². The number of fused-ring (bicyclic) bond motifs is 1. The van der Waals surface area contributed by atoms with Gasteiger partial charge in [0.25, 0.3) is 11.5 Å². The fourth-order valence-electron chi connectivity index (χ4n) is 5.64. The fourth-order valence-corrected chi connectivity index (χ4v) is 5.97. The van der Waals surface area contributed by atoms with Crippen LogP contribution in [0.4, 0.5) is 5.69 Å². The molecule has 1 saturated heterocycles. The average Bonchev–Trinajstić information content (AvgIpc) is 3.63. The molecule has 0 bridgehead atoms. The van der Waals surface area contributed by atoms with E-state index in [-0.39, 0.29) is 23.6 Å². The third-order valence-electron chi connectivity index (χ3n) is 8.03. The number of nitrogens with one attached hydrogen (secondary N) is 3. The number of carbonyl (C=O) groups is 2. The second kappa shape index (κ2) is 12.1. The Morgan fingerprint density at radius 3 is 2.70 bits per heavy atom. The zero-order valence-corrected chi connectivity index (χ0v) is 25.2. The summed E-state index contributed by atoms with van der Waals surface area (Å²) in [5, 5.41) is 13.7. The predicted octanol–water partition coefficient (Wildman–Crippen LogP) is 4.03. The quantitative estimate of drug-likeness (QED) is 0.271. The van der Waals surface area contributed by atoms with Gasteiger partial charge in [0.1, 0.15) is 17.9 Å². The van der Waals surface area contributed by atoms with Gasteiger partial charge in [-0.15, -0.1) is 0 Å². The molecule has 4 heterocycles. The molecule has 0 spiro atoms. The van der Waals surface area contributed by atoms with E-state index >= 15 is 0 Å². The molecule has 226 valence electrons. The summed E-state index contributed by atoms with van der Waals surface area (Å²) < 4.78 is 12.9. The van der Waals surface area contributed by atoms with Gasteiger partial charge in [0.05, 0.1) is 29.4 Å². The van der Waals surface area contributed by atoms with E-state index in [4.69, 9.17) is 26.1 Å². The smallest absolute Gasteiger partial charge is 0.279 e. The Labute approximate surface area is 258 Å². The lowest BCUT2D eigenvalue weighted by molar-refractivity contribution is -0.119. The number of hydrogen-bond acceptors (Lipinski definition) is 8. The molecule has 2 aromatic heterocycles. The van der Waals surface area contributed by atoms with Crippen LogP contribution in [0.1, 0.15) is 40.4 Å². The number of rotatable bonds is 8. The molecule has 2 amide bonds. The molecule has 0 aliphatic carbocycles. The minimum absolute atomic E-state index is 0.00562. The van der Waals surface area contributed by atoms with Crippen molar-refractivity contribution in [3.63, 3.8) is 0 Å². The number of amides is 2. The first-order chi connectivity index (χ1) is 21.2. The Balaban J connectivity index is 1.29. The van der Waals surface area contributed by atoms with Crippen molar-refractivity contribution in [3.05, 3.63) is 86.8 Å². The summed E-state index contributed by atoms with van der Waals surface area (Å²) in [6, 6.07) is 14.4. The van der Waals surface area contributed by atoms with E-state index in [9.17, 15) is 14.4 Å². The number of pyridine rings is 1. The van der Waals surface area contributed by atoms with Crippen LogP contribution in [0.15, 0.2) is 59.5 Å². The first-order valence-electron chi connectivity index (χ1n) is 14.2. The first kappa shape index (κ1) is 29.3. The van der Waals surface area contributed by atoms with Gasteiger partial charge in [-0.25, -0.2) is 9.67 Å². The molecule has 2 aliphatic heterocycles. The zero-order chi connectivity index (χ0) is 31.0. The minimum Gasteiger partial charge on any atom is -0.491 e. The highest BCUT2D eigenvalue weighted by atomic mass is 35.5. The standard InChI is InChI=1S/C32H31ClN6O5/c1-17-19(6-5-9-23(17)37-30(41)22-12-13-35-39(2)32(22)42)20-7-4-8-21(29(20)33)24-14-26-28(31(38-24)43-3)25(16-44-26)34-15-18-10-11-27(40)36-18/h4-9,12-14,18,25,34H,10-11,15-16H2,1-3H3,(H,36,40)(H,37,41). The molecule has 11 nitrogen and oxygen atoms in total. The summed E-state index contributed by atoms with van der Waals surface area (Å²) in [4.78, 5) is 41.8. The predicted molar refractivity (Wildman–Crippen MR) is 166 cm³/mol. The van der Waals surface area contributed by atoms with Crippen LogP contribution in [0.25, 0.3) is 22.4 Å². The largest absolute Gasteiger partial charge is 0.491 e. The zero-order valence-electron chi connectivity index (χ0n) is 24.4. The number of aromatic nitrogens is 3. The van der Waals surface area contributed by atoms with Crippen molar-refractivity contribution in [2.24, 2.45) is 7.05 Å².